The maximum Gasteiger partial charge on any atom is 0.244 e. The van der Waals surface area contributed by atoms with Gasteiger partial charge in [-0.2, -0.15) is 0 Å². The van der Waals surface area contributed by atoms with E-state index in [1.54, 1.807) is 25.1 Å². The quantitative estimate of drug-likeness (QED) is 0.384. The lowest BCUT2D eigenvalue weighted by atomic mass is 10.1. The molecule has 0 radical (unpaired) electrons. The van der Waals surface area contributed by atoms with Gasteiger partial charge in [-0.3, -0.25) is 13.9 Å². The van der Waals surface area contributed by atoms with Crippen LogP contribution in [0.4, 0.5) is 5.69 Å². The Balaban J connectivity index is 2.53. The molecule has 0 fully saturated rings. The predicted octanol–water partition coefficient (Wildman–Crippen LogP) is 5.40. The number of halogens is 4. The number of hydrogen-bond donors (Lipinski definition) is 1. The lowest BCUT2D eigenvalue weighted by Gasteiger charge is -2.33. The molecule has 2 amide bonds. The number of carbonyl (C=O) groups excluding carboxylic acids is 2. The van der Waals surface area contributed by atoms with Crippen LogP contribution >= 0.6 is 46.4 Å². The Bertz CT molecular complexity index is 1160. The molecule has 0 spiro atoms. The third kappa shape index (κ3) is 7.89. The molecule has 0 aliphatic rings. The third-order valence-electron chi connectivity index (χ3n) is 5.18. The van der Waals surface area contributed by atoms with Crippen LogP contribution in [0, 0.1) is 0 Å². The molecule has 0 unspecified atom stereocenters. The van der Waals surface area contributed by atoms with E-state index in [9.17, 15) is 18.0 Å². The molecule has 0 saturated carbocycles. The van der Waals surface area contributed by atoms with Gasteiger partial charge in [-0.25, -0.2) is 8.42 Å². The van der Waals surface area contributed by atoms with Crippen LogP contribution in [0.5, 0.6) is 0 Å². The van der Waals surface area contributed by atoms with Crippen molar-refractivity contribution in [2.45, 2.75) is 39.3 Å². The highest BCUT2D eigenvalue weighted by Crippen LogP contribution is 2.31. The maximum absolute atomic E-state index is 13.7. The SMILES string of the molecule is CCCNC(=O)[C@H](CC)N(Cc1c(Cl)cccc1Cl)C(=O)CN(c1cc(Cl)ccc1Cl)S(C)(=O)=O. The molecule has 0 aliphatic heterocycles. The first kappa shape index (κ1) is 29.5. The van der Waals surface area contributed by atoms with E-state index in [2.05, 4.69) is 5.32 Å². The van der Waals surface area contributed by atoms with Crippen LogP contribution in [0.2, 0.25) is 20.1 Å². The third-order valence-corrected chi connectivity index (χ3v) is 7.57. The highest BCUT2D eigenvalue weighted by Gasteiger charge is 2.33. The van der Waals surface area contributed by atoms with Gasteiger partial charge in [0.25, 0.3) is 0 Å². The van der Waals surface area contributed by atoms with Crippen LogP contribution in [0.3, 0.4) is 0 Å². The molecule has 2 rings (SSSR count). The molecule has 0 bridgehead atoms. The average Bonchev–Trinajstić information content (AvgIpc) is 2.78. The van der Waals surface area contributed by atoms with Crippen LogP contribution in [0.25, 0.3) is 0 Å². The summed E-state index contributed by atoms with van der Waals surface area (Å²) in [4.78, 5) is 27.9. The highest BCUT2D eigenvalue weighted by atomic mass is 35.5. The molecule has 12 heteroatoms. The summed E-state index contributed by atoms with van der Waals surface area (Å²) in [5.74, 6) is -1.00. The van der Waals surface area contributed by atoms with E-state index in [1.807, 2.05) is 6.92 Å². The highest BCUT2D eigenvalue weighted by molar-refractivity contribution is 7.92. The molecule has 192 valence electrons. The predicted molar refractivity (Wildman–Crippen MR) is 143 cm³/mol. The monoisotopic (exact) mass is 581 g/mol. The molecule has 0 saturated heterocycles. The minimum absolute atomic E-state index is 0.0502. The molecule has 2 aromatic rings. The minimum atomic E-state index is -3.95. The molecule has 0 heterocycles. The van der Waals surface area contributed by atoms with Gasteiger partial charge in [0.05, 0.1) is 17.0 Å². The smallest absolute Gasteiger partial charge is 0.244 e. The second-order valence-corrected chi connectivity index (χ2v) is 11.4. The van der Waals surface area contributed by atoms with E-state index in [0.29, 0.717) is 28.6 Å². The minimum Gasteiger partial charge on any atom is -0.354 e. The van der Waals surface area contributed by atoms with Crippen molar-refractivity contribution in [3.63, 3.8) is 0 Å². The van der Waals surface area contributed by atoms with Gasteiger partial charge in [-0.05, 0) is 43.2 Å². The molecular weight excluding hydrogens is 556 g/mol. The second-order valence-electron chi connectivity index (χ2n) is 7.80. The molecule has 1 atom stereocenters. The fourth-order valence-electron chi connectivity index (χ4n) is 3.41. The van der Waals surface area contributed by atoms with E-state index in [1.165, 1.54) is 23.1 Å². The summed E-state index contributed by atoms with van der Waals surface area (Å²) in [7, 11) is -3.95. The Kier molecular flexibility index (Phi) is 11.0. The van der Waals surface area contributed by atoms with Gasteiger partial charge >= 0.3 is 0 Å². The maximum atomic E-state index is 13.7. The fraction of sp³-hybridized carbons (Fsp3) is 0.391. The largest absolute Gasteiger partial charge is 0.354 e. The van der Waals surface area contributed by atoms with Crippen molar-refractivity contribution in [1.29, 1.82) is 0 Å². The zero-order valence-corrected chi connectivity index (χ0v) is 23.4. The Labute approximate surface area is 226 Å². The number of amides is 2. The molecule has 1 N–H and O–H groups in total. The summed E-state index contributed by atoms with van der Waals surface area (Å²) in [6.07, 6.45) is 1.94. The first-order valence-corrected chi connectivity index (χ1v) is 14.2. The van der Waals surface area contributed by atoms with Crippen molar-refractivity contribution >= 4 is 73.9 Å². The van der Waals surface area contributed by atoms with E-state index in [0.717, 1.165) is 10.6 Å². The summed E-state index contributed by atoms with van der Waals surface area (Å²) < 4.78 is 26.2. The topological polar surface area (TPSA) is 86.8 Å². The standard InChI is InChI=1S/C23H27Cl4N3O4S/c1-4-11-28-23(32)20(5-2)29(13-16-17(25)7-6-8-18(16)26)22(31)14-30(35(3,33)34)21-12-15(24)9-10-19(21)27/h6-10,12,20H,4-5,11,13-14H2,1-3H3,(H,28,32)/t20-/m0/s1. The molecule has 0 aromatic heterocycles. The average molecular weight is 583 g/mol. The van der Waals surface area contributed by atoms with Gasteiger partial charge in [0.2, 0.25) is 21.8 Å². The summed E-state index contributed by atoms with van der Waals surface area (Å²) in [6, 6.07) is 8.33. The van der Waals surface area contributed by atoms with Crippen LogP contribution in [-0.2, 0) is 26.2 Å². The Morgan fingerprint density at radius 2 is 1.63 bits per heavy atom. The molecule has 0 aliphatic carbocycles. The number of nitrogens with one attached hydrogen (secondary N) is 1. The molecule has 35 heavy (non-hydrogen) atoms. The van der Waals surface area contributed by atoms with Crippen LogP contribution in [-0.4, -0.2) is 50.5 Å². The molecule has 2 aromatic carbocycles. The first-order valence-electron chi connectivity index (χ1n) is 10.8. The Morgan fingerprint density at radius 1 is 1.00 bits per heavy atom. The Hall–Kier alpha value is -1.71. The van der Waals surface area contributed by atoms with E-state index in [4.69, 9.17) is 46.4 Å². The van der Waals surface area contributed by atoms with Crippen molar-refractivity contribution in [3.05, 3.63) is 62.1 Å². The van der Waals surface area contributed by atoms with Crippen molar-refractivity contribution in [2.24, 2.45) is 0 Å². The first-order chi connectivity index (χ1) is 16.4. The normalized spacial score (nSPS) is 12.2. The number of sulfonamides is 1. The van der Waals surface area contributed by atoms with Crippen LogP contribution in [0.1, 0.15) is 32.3 Å². The lowest BCUT2D eigenvalue weighted by molar-refractivity contribution is -0.140. The zero-order valence-electron chi connectivity index (χ0n) is 19.5. The van der Waals surface area contributed by atoms with E-state index < -0.39 is 28.5 Å². The number of carbonyl (C=O) groups is 2. The van der Waals surface area contributed by atoms with Gasteiger partial charge in [0.15, 0.2) is 0 Å². The summed E-state index contributed by atoms with van der Waals surface area (Å²) in [5, 5.41) is 3.77. The fourth-order valence-corrected chi connectivity index (χ4v) is 5.22. The van der Waals surface area contributed by atoms with Crippen molar-refractivity contribution in [2.75, 3.05) is 23.7 Å². The van der Waals surface area contributed by atoms with E-state index in [-0.39, 0.29) is 34.6 Å². The second kappa shape index (κ2) is 13.0. The zero-order chi connectivity index (χ0) is 26.3. The van der Waals surface area contributed by atoms with Crippen molar-refractivity contribution in [3.8, 4) is 0 Å². The molecular formula is C23H27Cl4N3O4S. The summed E-state index contributed by atoms with van der Waals surface area (Å²) in [5.41, 5.74) is 0.492. The van der Waals surface area contributed by atoms with Gasteiger partial charge in [0.1, 0.15) is 12.6 Å². The van der Waals surface area contributed by atoms with Crippen molar-refractivity contribution in [1.82, 2.24) is 10.2 Å². The van der Waals surface area contributed by atoms with Crippen molar-refractivity contribution < 1.29 is 18.0 Å². The molecule has 7 nitrogen and oxygen atoms in total. The van der Waals surface area contributed by atoms with E-state index >= 15 is 0 Å². The number of hydrogen-bond acceptors (Lipinski definition) is 4. The lowest BCUT2D eigenvalue weighted by Crippen LogP contribution is -2.52. The number of rotatable bonds is 11. The summed E-state index contributed by atoms with van der Waals surface area (Å²) in [6.45, 7) is 3.38. The van der Waals surface area contributed by atoms with Gasteiger partial charge < -0.3 is 10.2 Å². The van der Waals surface area contributed by atoms with Gasteiger partial charge in [-0.15, -0.1) is 0 Å². The number of anilines is 1. The Morgan fingerprint density at radius 3 is 2.17 bits per heavy atom. The van der Waals surface area contributed by atoms with Gasteiger partial charge in [-0.1, -0.05) is 66.3 Å². The van der Waals surface area contributed by atoms with Crippen LogP contribution < -0.4 is 9.62 Å². The van der Waals surface area contributed by atoms with Crippen LogP contribution in [0.15, 0.2) is 36.4 Å². The summed E-state index contributed by atoms with van der Waals surface area (Å²) >= 11 is 25.0. The van der Waals surface area contributed by atoms with Gasteiger partial charge in [0, 0.05) is 33.7 Å². The number of nitrogens with zero attached hydrogens (tertiary/aromatic N) is 2. The number of benzene rings is 2.